The fourth-order valence-corrected chi connectivity index (χ4v) is 1.61. The Balaban J connectivity index is 2.60. The number of alkyl carbamates (subject to hydrolysis) is 1. The molecule has 3 N–H and O–H groups in total. The second kappa shape index (κ2) is 5.50. The third-order valence-electron chi connectivity index (χ3n) is 2.54. The first-order valence-electron chi connectivity index (χ1n) is 5.11. The molecule has 90 valence electrons. The average molecular weight is 228 g/mol. The van der Waals surface area contributed by atoms with Crippen LogP contribution in [0, 0.1) is 0 Å². The topological polar surface area (TPSA) is 87.7 Å². The Kier molecular flexibility index (Phi) is 4.30. The lowest BCUT2D eigenvalue weighted by atomic mass is 9.88. The summed E-state index contributed by atoms with van der Waals surface area (Å²) in [4.78, 5) is 22.5. The van der Waals surface area contributed by atoms with E-state index in [0.29, 0.717) is 25.9 Å². The molecule has 6 nitrogen and oxygen atoms in total. The lowest BCUT2D eigenvalue weighted by Crippen LogP contribution is -2.59. The van der Waals surface area contributed by atoms with Gasteiger partial charge >= 0.3 is 12.1 Å². The number of piperidine rings is 1. The van der Waals surface area contributed by atoms with E-state index in [-0.39, 0.29) is 6.61 Å². The summed E-state index contributed by atoms with van der Waals surface area (Å²) in [6, 6.07) is 0. The first kappa shape index (κ1) is 12.5. The van der Waals surface area contributed by atoms with Gasteiger partial charge in [-0.05, 0) is 25.9 Å². The molecule has 1 saturated heterocycles. The number of hydrogen-bond donors (Lipinski definition) is 3. The zero-order valence-corrected chi connectivity index (χ0v) is 8.99. The molecule has 1 amide bonds. The molecule has 0 saturated carbocycles. The summed E-state index contributed by atoms with van der Waals surface area (Å²) >= 11 is 0. The van der Waals surface area contributed by atoms with Crippen LogP contribution in [-0.2, 0) is 9.53 Å². The summed E-state index contributed by atoms with van der Waals surface area (Å²) in [7, 11) is 0. The summed E-state index contributed by atoms with van der Waals surface area (Å²) in [5, 5.41) is 14.6. The molecular weight excluding hydrogens is 212 g/mol. The van der Waals surface area contributed by atoms with Crippen LogP contribution < -0.4 is 10.6 Å². The van der Waals surface area contributed by atoms with E-state index in [1.54, 1.807) is 0 Å². The molecule has 16 heavy (non-hydrogen) atoms. The number of carboxylic acids is 1. The molecule has 1 aliphatic heterocycles. The minimum atomic E-state index is -1.20. The van der Waals surface area contributed by atoms with E-state index in [1.165, 1.54) is 6.08 Å². The summed E-state index contributed by atoms with van der Waals surface area (Å²) in [5.41, 5.74) is -1.20. The molecule has 1 aliphatic rings. The molecule has 1 rings (SSSR count). The van der Waals surface area contributed by atoms with Crippen LogP contribution in [0.5, 0.6) is 0 Å². The standard InChI is InChI=1S/C10H16N2O4/c1-2-7-16-9(15)12-10(8(13)14)3-5-11-6-4-10/h2,11H,1,3-7H2,(H,12,15)(H,13,14). The van der Waals surface area contributed by atoms with E-state index < -0.39 is 17.6 Å². The molecule has 0 aromatic carbocycles. The highest BCUT2D eigenvalue weighted by atomic mass is 16.5. The Bertz CT molecular complexity index is 285. The van der Waals surface area contributed by atoms with Crippen molar-refractivity contribution >= 4 is 12.1 Å². The van der Waals surface area contributed by atoms with Gasteiger partial charge in [0.05, 0.1) is 0 Å². The van der Waals surface area contributed by atoms with Crippen molar-refractivity contribution in [3.05, 3.63) is 12.7 Å². The molecular formula is C10H16N2O4. The second-order valence-electron chi connectivity index (χ2n) is 3.65. The Hall–Kier alpha value is -1.56. The third-order valence-corrected chi connectivity index (χ3v) is 2.54. The van der Waals surface area contributed by atoms with Crippen LogP contribution in [-0.4, -0.2) is 42.4 Å². The van der Waals surface area contributed by atoms with Crippen molar-refractivity contribution in [3.63, 3.8) is 0 Å². The van der Waals surface area contributed by atoms with Gasteiger partial charge in [-0.3, -0.25) is 0 Å². The molecule has 1 heterocycles. The van der Waals surface area contributed by atoms with Gasteiger partial charge in [-0.15, -0.1) is 0 Å². The van der Waals surface area contributed by atoms with Crippen molar-refractivity contribution < 1.29 is 19.4 Å². The minimum absolute atomic E-state index is 0.0692. The van der Waals surface area contributed by atoms with Crippen LogP contribution in [0.2, 0.25) is 0 Å². The van der Waals surface area contributed by atoms with Crippen LogP contribution in [0.25, 0.3) is 0 Å². The number of hydrogen-bond acceptors (Lipinski definition) is 4. The Morgan fingerprint density at radius 1 is 1.50 bits per heavy atom. The quantitative estimate of drug-likeness (QED) is 0.594. The lowest BCUT2D eigenvalue weighted by Gasteiger charge is -2.33. The Morgan fingerprint density at radius 2 is 2.12 bits per heavy atom. The number of amides is 1. The van der Waals surface area contributed by atoms with Gasteiger partial charge in [-0.25, -0.2) is 9.59 Å². The summed E-state index contributed by atoms with van der Waals surface area (Å²) in [6.07, 6.45) is 1.41. The number of nitrogens with one attached hydrogen (secondary N) is 2. The van der Waals surface area contributed by atoms with Crippen molar-refractivity contribution in [2.75, 3.05) is 19.7 Å². The maximum absolute atomic E-state index is 11.3. The van der Waals surface area contributed by atoms with Gasteiger partial charge in [-0.1, -0.05) is 12.7 Å². The van der Waals surface area contributed by atoms with Crippen molar-refractivity contribution in [2.45, 2.75) is 18.4 Å². The maximum Gasteiger partial charge on any atom is 0.408 e. The molecule has 0 radical (unpaired) electrons. The highest BCUT2D eigenvalue weighted by Gasteiger charge is 2.41. The van der Waals surface area contributed by atoms with E-state index in [4.69, 9.17) is 9.84 Å². The number of aliphatic carboxylic acids is 1. The molecule has 0 aliphatic carbocycles. The molecule has 0 atom stereocenters. The second-order valence-corrected chi connectivity index (χ2v) is 3.65. The van der Waals surface area contributed by atoms with Crippen LogP contribution in [0.3, 0.4) is 0 Å². The number of rotatable bonds is 4. The zero-order valence-electron chi connectivity index (χ0n) is 8.99. The SMILES string of the molecule is C=CCOC(=O)NC1(C(=O)O)CCNCC1. The average Bonchev–Trinajstić information content (AvgIpc) is 2.27. The predicted molar refractivity (Wildman–Crippen MR) is 57.2 cm³/mol. The molecule has 6 heteroatoms. The lowest BCUT2D eigenvalue weighted by molar-refractivity contribution is -0.145. The van der Waals surface area contributed by atoms with E-state index in [2.05, 4.69) is 17.2 Å². The van der Waals surface area contributed by atoms with E-state index in [1.807, 2.05) is 0 Å². The van der Waals surface area contributed by atoms with Crippen molar-refractivity contribution in [1.29, 1.82) is 0 Å². The van der Waals surface area contributed by atoms with Crippen LogP contribution in [0.15, 0.2) is 12.7 Å². The van der Waals surface area contributed by atoms with Gasteiger partial charge in [0.15, 0.2) is 0 Å². The number of ether oxygens (including phenoxy) is 1. The first-order chi connectivity index (χ1) is 7.60. The summed E-state index contributed by atoms with van der Waals surface area (Å²) < 4.78 is 4.72. The Labute approximate surface area is 93.7 Å². The van der Waals surface area contributed by atoms with Crippen LogP contribution in [0.1, 0.15) is 12.8 Å². The fourth-order valence-electron chi connectivity index (χ4n) is 1.61. The molecule has 0 unspecified atom stereocenters. The highest BCUT2D eigenvalue weighted by molar-refractivity contribution is 5.84. The number of carbonyl (C=O) groups is 2. The maximum atomic E-state index is 11.3. The molecule has 1 fully saturated rings. The van der Waals surface area contributed by atoms with Crippen LogP contribution >= 0.6 is 0 Å². The number of carbonyl (C=O) groups excluding carboxylic acids is 1. The normalized spacial score (nSPS) is 18.5. The number of carboxylic acid groups (broad SMARTS) is 1. The Morgan fingerprint density at radius 3 is 2.62 bits per heavy atom. The van der Waals surface area contributed by atoms with Crippen molar-refractivity contribution in [1.82, 2.24) is 10.6 Å². The molecule has 0 aromatic rings. The first-order valence-corrected chi connectivity index (χ1v) is 5.11. The smallest absolute Gasteiger partial charge is 0.408 e. The van der Waals surface area contributed by atoms with Gasteiger partial charge in [0.1, 0.15) is 12.1 Å². The molecule has 0 aromatic heterocycles. The minimum Gasteiger partial charge on any atom is -0.480 e. The van der Waals surface area contributed by atoms with E-state index >= 15 is 0 Å². The van der Waals surface area contributed by atoms with Gasteiger partial charge in [-0.2, -0.15) is 0 Å². The largest absolute Gasteiger partial charge is 0.480 e. The van der Waals surface area contributed by atoms with Gasteiger partial charge in [0, 0.05) is 0 Å². The third kappa shape index (κ3) is 2.96. The summed E-state index contributed by atoms with van der Waals surface area (Å²) in [6.45, 7) is 4.60. The highest BCUT2D eigenvalue weighted by Crippen LogP contribution is 2.18. The van der Waals surface area contributed by atoms with E-state index in [0.717, 1.165) is 0 Å². The van der Waals surface area contributed by atoms with Gasteiger partial charge in [0.2, 0.25) is 0 Å². The summed E-state index contributed by atoms with van der Waals surface area (Å²) in [5.74, 6) is -1.02. The van der Waals surface area contributed by atoms with E-state index in [9.17, 15) is 9.59 Å². The zero-order chi connectivity index (χ0) is 12.0. The van der Waals surface area contributed by atoms with Crippen LogP contribution in [0.4, 0.5) is 4.79 Å². The van der Waals surface area contributed by atoms with Crippen molar-refractivity contribution in [2.24, 2.45) is 0 Å². The monoisotopic (exact) mass is 228 g/mol. The molecule has 0 spiro atoms. The van der Waals surface area contributed by atoms with Gasteiger partial charge < -0.3 is 20.5 Å². The van der Waals surface area contributed by atoms with Crippen molar-refractivity contribution in [3.8, 4) is 0 Å². The fraction of sp³-hybridized carbons (Fsp3) is 0.600. The molecule has 0 bridgehead atoms. The predicted octanol–water partition coefficient (Wildman–Crippen LogP) is 0.105. The van der Waals surface area contributed by atoms with Gasteiger partial charge in [0.25, 0.3) is 0 Å².